The summed E-state index contributed by atoms with van der Waals surface area (Å²) in [5.74, 6) is -0.0457. The third-order valence-corrected chi connectivity index (χ3v) is 3.92. The Balaban J connectivity index is 3.03. The highest BCUT2D eigenvalue weighted by Gasteiger charge is 2.13. The fourth-order valence-corrected chi connectivity index (χ4v) is 1.62. The number of thiol groups is 1. The van der Waals surface area contributed by atoms with E-state index in [1.165, 1.54) is 6.92 Å². The number of alkyl halides is 1. The van der Waals surface area contributed by atoms with Crippen molar-refractivity contribution in [1.82, 2.24) is 0 Å². The van der Waals surface area contributed by atoms with E-state index in [9.17, 15) is 4.79 Å². The molecule has 4 heteroatoms. The van der Waals surface area contributed by atoms with Crippen molar-refractivity contribution < 1.29 is 4.79 Å². The number of halogens is 2. The molecule has 70 valence electrons. The minimum atomic E-state index is -0.553. The van der Waals surface area contributed by atoms with E-state index in [2.05, 4.69) is 35.2 Å². The second kappa shape index (κ2) is 4.66. The molecular formula is C9H8ClIOS. The average molecular weight is 327 g/mol. The Morgan fingerprint density at radius 1 is 1.62 bits per heavy atom. The summed E-state index contributed by atoms with van der Waals surface area (Å²) in [6.45, 7) is 1.48. The maximum Gasteiger partial charge on any atom is 0.152 e. The Kier molecular flexibility index (Phi) is 4.06. The van der Waals surface area contributed by atoms with E-state index in [1.807, 2.05) is 18.2 Å². The van der Waals surface area contributed by atoms with Crippen LogP contribution in [-0.2, 0) is 4.79 Å². The van der Waals surface area contributed by atoms with Gasteiger partial charge < -0.3 is 0 Å². The molecule has 0 bridgehead atoms. The minimum Gasteiger partial charge on any atom is -0.298 e. The zero-order valence-electron chi connectivity index (χ0n) is 6.92. The smallest absolute Gasteiger partial charge is 0.152 e. The number of hydrogen-bond donors (Lipinski definition) is 1. The molecule has 0 aromatic heterocycles. The fraction of sp³-hybridized carbons (Fsp3) is 0.222. The van der Waals surface area contributed by atoms with Crippen LogP contribution < -0.4 is 0 Å². The molecule has 0 saturated heterocycles. The number of carbonyl (C=O) groups is 1. The largest absolute Gasteiger partial charge is 0.298 e. The molecule has 1 nitrogen and oxygen atoms in total. The Bertz CT molecular complexity index is 340. The van der Waals surface area contributed by atoms with Gasteiger partial charge in [-0.15, -0.1) is 24.2 Å². The van der Waals surface area contributed by atoms with Gasteiger partial charge in [-0.3, -0.25) is 4.79 Å². The summed E-state index contributed by atoms with van der Waals surface area (Å²) >= 11 is 12.3. The van der Waals surface area contributed by atoms with Crippen LogP contribution in [0.15, 0.2) is 23.1 Å². The van der Waals surface area contributed by atoms with Gasteiger partial charge >= 0.3 is 0 Å². The van der Waals surface area contributed by atoms with Crippen molar-refractivity contribution in [3.63, 3.8) is 0 Å². The second-order valence-corrected chi connectivity index (χ2v) is 4.76. The first-order valence-corrected chi connectivity index (χ1v) is 5.61. The van der Waals surface area contributed by atoms with Gasteiger partial charge in [-0.25, -0.2) is 0 Å². The van der Waals surface area contributed by atoms with Crippen LogP contribution in [0.4, 0.5) is 0 Å². The van der Waals surface area contributed by atoms with Gasteiger partial charge in [0.15, 0.2) is 5.78 Å². The van der Waals surface area contributed by atoms with Gasteiger partial charge in [0, 0.05) is 8.47 Å². The Hall–Kier alpha value is 0.260. The van der Waals surface area contributed by atoms with Crippen LogP contribution in [0.1, 0.15) is 17.9 Å². The summed E-state index contributed by atoms with van der Waals surface area (Å²) < 4.78 is 1.05. The number of ketones is 1. The van der Waals surface area contributed by atoms with Gasteiger partial charge in [0.2, 0.25) is 0 Å². The van der Waals surface area contributed by atoms with Gasteiger partial charge in [0.25, 0.3) is 0 Å². The molecular weight excluding hydrogens is 319 g/mol. The normalized spacial score (nSPS) is 12.6. The lowest BCUT2D eigenvalue weighted by Crippen LogP contribution is -2.01. The molecule has 0 amide bonds. The fourth-order valence-electron chi connectivity index (χ4n) is 0.922. The second-order valence-electron chi connectivity index (χ2n) is 2.68. The first-order valence-electron chi connectivity index (χ1n) is 3.65. The topological polar surface area (TPSA) is 17.1 Å². The number of hydrogen-bond acceptors (Lipinski definition) is 2. The average Bonchev–Trinajstić information content (AvgIpc) is 2.08. The van der Waals surface area contributed by atoms with Crippen LogP contribution >= 0.6 is 46.8 Å². The minimum absolute atomic E-state index is 0.0457. The quantitative estimate of drug-likeness (QED) is 0.500. The molecule has 0 aliphatic carbocycles. The van der Waals surface area contributed by atoms with Gasteiger partial charge in [-0.05, 0) is 47.2 Å². The molecule has 0 heterocycles. The van der Waals surface area contributed by atoms with Crippen LogP contribution in [0.3, 0.4) is 0 Å². The van der Waals surface area contributed by atoms with Gasteiger partial charge in [-0.1, -0.05) is 6.07 Å². The number of Topliss-reactive ketones (excluding diaryl/α,β-unsaturated/α-hetero) is 1. The van der Waals surface area contributed by atoms with Crippen LogP contribution in [0, 0.1) is 3.57 Å². The Morgan fingerprint density at radius 3 is 2.69 bits per heavy atom. The molecule has 0 spiro atoms. The molecule has 0 fully saturated rings. The van der Waals surface area contributed by atoms with E-state index >= 15 is 0 Å². The van der Waals surface area contributed by atoms with E-state index in [0.29, 0.717) is 0 Å². The third-order valence-electron chi connectivity index (χ3n) is 1.62. The summed E-state index contributed by atoms with van der Waals surface area (Å²) in [6.07, 6.45) is 0. The van der Waals surface area contributed by atoms with E-state index in [0.717, 1.165) is 14.0 Å². The van der Waals surface area contributed by atoms with Crippen molar-refractivity contribution in [1.29, 1.82) is 0 Å². The molecule has 1 rings (SSSR count). The van der Waals surface area contributed by atoms with Crippen molar-refractivity contribution in [2.24, 2.45) is 0 Å². The van der Waals surface area contributed by atoms with E-state index in [-0.39, 0.29) is 5.78 Å². The molecule has 0 saturated carbocycles. The monoisotopic (exact) mass is 326 g/mol. The van der Waals surface area contributed by atoms with Crippen LogP contribution in [-0.4, -0.2) is 5.78 Å². The Morgan fingerprint density at radius 2 is 2.23 bits per heavy atom. The lowest BCUT2D eigenvalue weighted by atomic mass is 10.1. The summed E-state index contributed by atoms with van der Waals surface area (Å²) in [4.78, 5) is 11.8. The highest BCUT2D eigenvalue weighted by atomic mass is 127. The lowest BCUT2D eigenvalue weighted by Gasteiger charge is -2.07. The first kappa shape index (κ1) is 11.3. The van der Waals surface area contributed by atoms with E-state index in [4.69, 9.17) is 11.6 Å². The van der Waals surface area contributed by atoms with Crippen molar-refractivity contribution in [3.8, 4) is 0 Å². The maximum absolute atomic E-state index is 11.0. The molecule has 0 radical (unpaired) electrons. The maximum atomic E-state index is 11.0. The predicted molar refractivity (Wildman–Crippen MR) is 65.7 cm³/mol. The molecule has 1 unspecified atom stereocenters. The van der Waals surface area contributed by atoms with Crippen molar-refractivity contribution in [2.45, 2.75) is 17.2 Å². The lowest BCUT2D eigenvalue weighted by molar-refractivity contribution is -0.116. The highest BCUT2D eigenvalue weighted by molar-refractivity contribution is 14.1. The summed E-state index contributed by atoms with van der Waals surface area (Å²) in [7, 11) is 0. The van der Waals surface area contributed by atoms with Crippen molar-refractivity contribution in [2.75, 3.05) is 0 Å². The van der Waals surface area contributed by atoms with E-state index in [1.54, 1.807) is 0 Å². The summed E-state index contributed by atoms with van der Waals surface area (Å²) in [5.41, 5.74) is 0.805. The standard InChI is InChI=1S/C9H8ClIOS/c1-5(12)9(10)6-2-3-7(11)8(13)4-6/h2-4,9,13H,1H3. The Labute approximate surface area is 101 Å². The van der Waals surface area contributed by atoms with Crippen LogP contribution in [0.25, 0.3) is 0 Å². The predicted octanol–water partition coefficient (Wildman–Crippen LogP) is 3.45. The summed E-state index contributed by atoms with van der Waals surface area (Å²) in [6, 6.07) is 5.57. The molecule has 1 aromatic carbocycles. The van der Waals surface area contributed by atoms with Crippen molar-refractivity contribution >= 4 is 52.6 Å². The van der Waals surface area contributed by atoms with Gasteiger partial charge in [-0.2, -0.15) is 0 Å². The van der Waals surface area contributed by atoms with Crippen LogP contribution in [0.5, 0.6) is 0 Å². The zero-order valence-corrected chi connectivity index (χ0v) is 10.7. The molecule has 13 heavy (non-hydrogen) atoms. The number of rotatable bonds is 2. The highest BCUT2D eigenvalue weighted by Crippen LogP contribution is 2.26. The molecule has 1 aromatic rings. The molecule has 1 atom stereocenters. The van der Waals surface area contributed by atoms with Crippen molar-refractivity contribution in [3.05, 3.63) is 27.3 Å². The summed E-state index contributed by atoms with van der Waals surface area (Å²) in [5, 5.41) is -0.553. The number of carbonyl (C=O) groups excluding carboxylic acids is 1. The number of benzene rings is 1. The molecule has 0 N–H and O–H groups in total. The molecule has 0 aliphatic rings. The van der Waals surface area contributed by atoms with E-state index < -0.39 is 5.38 Å². The van der Waals surface area contributed by atoms with Gasteiger partial charge in [0.05, 0.1) is 0 Å². The SMILES string of the molecule is CC(=O)C(Cl)c1ccc(I)c(S)c1. The first-order chi connectivity index (χ1) is 6.02. The van der Waals surface area contributed by atoms with Crippen LogP contribution in [0.2, 0.25) is 0 Å². The van der Waals surface area contributed by atoms with Gasteiger partial charge in [0.1, 0.15) is 5.38 Å². The third kappa shape index (κ3) is 2.86. The molecule has 0 aliphatic heterocycles. The zero-order chi connectivity index (χ0) is 10.0.